The molecule has 0 amide bonds. The first-order valence-electron chi connectivity index (χ1n) is 5.95. The van der Waals surface area contributed by atoms with Gasteiger partial charge >= 0.3 is 0 Å². The van der Waals surface area contributed by atoms with Crippen molar-refractivity contribution in [2.45, 2.75) is 13.5 Å². The second-order valence-electron chi connectivity index (χ2n) is 4.07. The molecule has 0 aliphatic heterocycles. The summed E-state index contributed by atoms with van der Waals surface area (Å²) < 4.78 is 1.10. The molecule has 0 radical (unpaired) electrons. The van der Waals surface area contributed by atoms with Gasteiger partial charge in [-0.05, 0) is 25.1 Å². The molecule has 0 atom stereocenters. The summed E-state index contributed by atoms with van der Waals surface area (Å²) in [4.78, 5) is 17.4. The summed E-state index contributed by atoms with van der Waals surface area (Å²) in [5.74, 6) is 0. The molecule has 3 aromatic rings. The molecule has 0 aliphatic carbocycles. The fraction of sp³-hybridized carbons (Fsp3) is 0.143. The Morgan fingerprint density at radius 2 is 2.21 bits per heavy atom. The van der Waals surface area contributed by atoms with E-state index in [-0.39, 0.29) is 0 Å². The minimum atomic E-state index is 0.585. The molecule has 94 valence electrons. The summed E-state index contributed by atoms with van der Waals surface area (Å²) in [6.07, 6.45) is 5.37. The number of pyridine rings is 2. The van der Waals surface area contributed by atoms with Gasteiger partial charge in [0.15, 0.2) is 0 Å². The molecule has 0 unspecified atom stereocenters. The third-order valence-corrected chi connectivity index (χ3v) is 3.71. The lowest BCUT2D eigenvalue weighted by molar-refractivity contribution is 1.04. The fourth-order valence-electron chi connectivity index (χ4n) is 1.74. The molecular weight excluding hydrogens is 256 g/mol. The molecule has 3 aromatic heterocycles. The molecule has 0 saturated heterocycles. The standard InChI is InChI=1S/C14H12N4S/c1-10(11-4-2-3-6-16-11)17-9-14-18-12-5-7-15-8-13(12)19-14/h2-8H,9H2,1H3. The second-order valence-corrected chi connectivity index (χ2v) is 5.18. The van der Waals surface area contributed by atoms with E-state index < -0.39 is 0 Å². The molecule has 3 rings (SSSR count). The number of aliphatic imine (C=N–C) groups is 1. The molecule has 0 N–H and O–H groups in total. The van der Waals surface area contributed by atoms with Gasteiger partial charge in [-0.1, -0.05) is 6.07 Å². The summed E-state index contributed by atoms with van der Waals surface area (Å²) in [6.45, 7) is 2.55. The number of hydrogen-bond donors (Lipinski definition) is 0. The summed E-state index contributed by atoms with van der Waals surface area (Å²) in [7, 11) is 0. The minimum Gasteiger partial charge on any atom is -0.281 e. The van der Waals surface area contributed by atoms with Crippen LogP contribution < -0.4 is 0 Å². The van der Waals surface area contributed by atoms with Crippen molar-refractivity contribution >= 4 is 27.3 Å². The van der Waals surface area contributed by atoms with Crippen molar-refractivity contribution in [3.63, 3.8) is 0 Å². The van der Waals surface area contributed by atoms with Crippen LogP contribution in [0.4, 0.5) is 0 Å². The van der Waals surface area contributed by atoms with Gasteiger partial charge in [0.2, 0.25) is 0 Å². The largest absolute Gasteiger partial charge is 0.281 e. The lowest BCUT2D eigenvalue weighted by Gasteiger charge is -1.98. The van der Waals surface area contributed by atoms with Crippen molar-refractivity contribution in [2.24, 2.45) is 4.99 Å². The number of hydrogen-bond acceptors (Lipinski definition) is 5. The van der Waals surface area contributed by atoms with Crippen LogP contribution in [0.2, 0.25) is 0 Å². The first kappa shape index (κ1) is 11.9. The molecule has 0 spiro atoms. The maximum absolute atomic E-state index is 4.54. The Morgan fingerprint density at radius 1 is 1.26 bits per heavy atom. The average Bonchev–Trinajstić information content (AvgIpc) is 2.88. The number of fused-ring (bicyclic) bond motifs is 1. The van der Waals surface area contributed by atoms with Crippen LogP contribution in [0.3, 0.4) is 0 Å². The Kier molecular flexibility index (Phi) is 3.29. The summed E-state index contributed by atoms with van der Waals surface area (Å²) in [5.41, 5.74) is 2.82. The van der Waals surface area contributed by atoms with E-state index in [4.69, 9.17) is 0 Å². The highest BCUT2D eigenvalue weighted by molar-refractivity contribution is 7.18. The molecule has 0 bridgehead atoms. The predicted molar refractivity (Wildman–Crippen MR) is 77.6 cm³/mol. The van der Waals surface area contributed by atoms with Crippen LogP contribution in [0.15, 0.2) is 47.8 Å². The van der Waals surface area contributed by atoms with Gasteiger partial charge in [-0.3, -0.25) is 15.0 Å². The lowest BCUT2D eigenvalue weighted by atomic mass is 10.2. The lowest BCUT2D eigenvalue weighted by Crippen LogP contribution is -1.98. The van der Waals surface area contributed by atoms with Gasteiger partial charge < -0.3 is 0 Å². The van der Waals surface area contributed by atoms with E-state index in [1.165, 1.54) is 0 Å². The fourth-order valence-corrected chi connectivity index (χ4v) is 2.60. The molecule has 3 heterocycles. The zero-order valence-corrected chi connectivity index (χ0v) is 11.3. The first-order chi connectivity index (χ1) is 9.33. The molecule has 4 nitrogen and oxygen atoms in total. The monoisotopic (exact) mass is 268 g/mol. The normalized spacial score (nSPS) is 11.9. The molecule has 0 aromatic carbocycles. The maximum atomic E-state index is 4.54. The number of thiazole rings is 1. The third kappa shape index (κ3) is 2.66. The van der Waals surface area contributed by atoms with Crippen LogP contribution in [-0.4, -0.2) is 20.7 Å². The maximum Gasteiger partial charge on any atom is 0.115 e. The second kappa shape index (κ2) is 5.24. The average molecular weight is 268 g/mol. The van der Waals surface area contributed by atoms with Gasteiger partial charge in [0.25, 0.3) is 0 Å². The summed E-state index contributed by atoms with van der Waals surface area (Å²) in [6, 6.07) is 7.74. The van der Waals surface area contributed by atoms with E-state index in [2.05, 4.69) is 19.9 Å². The van der Waals surface area contributed by atoms with Crippen LogP contribution in [0.1, 0.15) is 17.6 Å². The quantitative estimate of drug-likeness (QED) is 0.686. The highest BCUT2D eigenvalue weighted by Gasteiger charge is 2.03. The zero-order valence-electron chi connectivity index (χ0n) is 10.4. The van der Waals surface area contributed by atoms with E-state index in [1.54, 1.807) is 23.7 Å². The van der Waals surface area contributed by atoms with E-state index in [9.17, 15) is 0 Å². The van der Waals surface area contributed by atoms with Gasteiger partial charge in [-0.15, -0.1) is 11.3 Å². The topological polar surface area (TPSA) is 51.0 Å². The van der Waals surface area contributed by atoms with Gasteiger partial charge in [-0.2, -0.15) is 0 Å². The highest BCUT2D eigenvalue weighted by Crippen LogP contribution is 2.21. The Bertz CT molecular complexity index is 685. The predicted octanol–water partition coefficient (Wildman–Crippen LogP) is 3.10. The van der Waals surface area contributed by atoms with Crippen molar-refractivity contribution in [3.05, 3.63) is 53.6 Å². The van der Waals surface area contributed by atoms with E-state index >= 15 is 0 Å². The van der Waals surface area contributed by atoms with Gasteiger partial charge in [0.1, 0.15) is 5.01 Å². The van der Waals surface area contributed by atoms with Gasteiger partial charge in [0.05, 0.1) is 28.2 Å². The summed E-state index contributed by atoms with van der Waals surface area (Å²) >= 11 is 1.63. The highest BCUT2D eigenvalue weighted by atomic mass is 32.1. The van der Waals surface area contributed by atoms with E-state index in [0.717, 1.165) is 26.6 Å². The van der Waals surface area contributed by atoms with E-state index in [0.29, 0.717) is 6.54 Å². The Morgan fingerprint density at radius 3 is 3.00 bits per heavy atom. The first-order valence-corrected chi connectivity index (χ1v) is 6.76. The van der Waals surface area contributed by atoms with Gasteiger partial charge in [-0.25, -0.2) is 4.98 Å². The van der Waals surface area contributed by atoms with Crippen LogP contribution in [0.25, 0.3) is 10.2 Å². The third-order valence-electron chi connectivity index (χ3n) is 2.72. The van der Waals surface area contributed by atoms with Crippen LogP contribution in [0, 0.1) is 0 Å². The Hall–Kier alpha value is -2.14. The Balaban J connectivity index is 1.82. The Labute approximate surface area is 114 Å². The van der Waals surface area contributed by atoms with Crippen molar-refractivity contribution in [2.75, 3.05) is 0 Å². The molecular formula is C14H12N4S. The number of aromatic nitrogens is 3. The van der Waals surface area contributed by atoms with Crippen LogP contribution in [-0.2, 0) is 6.54 Å². The zero-order chi connectivity index (χ0) is 13.1. The van der Waals surface area contributed by atoms with Crippen molar-refractivity contribution in [3.8, 4) is 0 Å². The molecule has 5 heteroatoms. The van der Waals surface area contributed by atoms with Crippen molar-refractivity contribution < 1.29 is 0 Å². The van der Waals surface area contributed by atoms with Crippen LogP contribution in [0.5, 0.6) is 0 Å². The SMILES string of the molecule is CC(=NCc1nc2ccncc2s1)c1ccccn1. The molecule has 0 aliphatic rings. The molecule has 0 fully saturated rings. The van der Waals surface area contributed by atoms with Crippen molar-refractivity contribution in [1.29, 1.82) is 0 Å². The van der Waals surface area contributed by atoms with E-state index in [1.807, 2.05) is 37.4 Å². The summed E-state index contributed by atoms with van der Waals surface area (Å²) in [5, 5.41) is 0.998. The number of nitrogens with zero attached hydrogens (tertiary/aromatic N) is 4. The van der Waals surface area contributed by atoms with Gasteiger partial charge in [0, 0.05) is 18.6 Å². The molecule has 0 saturated carbocycles. The molecule has 19 heavy (non-hydrogen) atoms. The number of rotatable bonds is 3. The van der Waals surface area contributed by atoms with Crippen molar-refractivity contribution in [1.82, 2.24) is 15.0 Å². The smallest absolute Gasteiger partial charge is 0.115 e. The minimum absolute atomic E-state index is 0.585. The van der Waals surface area contributed by atoms with Crippen LogP contribution >= 0.6 is 11.3 Å².